The molecule has 1 atom stereocenters. The molecule has 110 valence electrons. The smallest absolute Gasteiger partial charge is 0.322 e. The summed E-state index contributed by atoms with van der Waals surface area (Å²) in [7, 11) is 0. The van der Waals surface area contributed by atoms with Gasteiger partial charge in [0.15, 0.2) is 0 Å². The second-order valence-electron chi connectivity index (χ2n) is 5.09. The van der Waals surface area contributed by atoms with Crippen LogP contribution in [0.1, 0.15) is 19.8 Å². The summed E-state index contributed by atoms with van der Waals surface area (Å²) in [5.74, 6) is -1.42. The van der Waals surface area contributed by atoms with Gasteiger partial charge in [0, 0.05) is 13.1 Å². The van der Waals surface area contributed by atoms with E-state index in [4.69, 9.17) is 0 Å². The predicted molar refractivity (Wildman–Crippen MR) is 71.4 cm³/mol. The van der Waals surface area contributed by atoms with E-state index >= 15 is 0 Å². The van der Waals surface area contributed by atoms with Gasteiger partial charge < -0.3 is 15.3 Å². The Morgan fingerprint density at radius 3 is 2.40 bits per heavy atom. The summed E-state index contributed by atoms with van der Waals surface area (Å²) in [5.41, 5.74) is -0.421. The number of amides is 2. The second kappa shape index (κ2) is 6.17. The minimum Gasteiger partial charge on any atom is -0.393 e. The molecule has 0 spiro atoms. The Bertz CT molecular complexity index is 466. The van der Waals surface area contributed by atoms with E-state index in [1.807, 2.05) is 0 Å². The van der Waals surface area contributed by atoms with Crippen LogP contribution in [-0.4, -0.2) is 35.2 Å². The summed E-state index contributed by atoms with van der Waals surface area (Å²) in [6.07, 6.45) is 0.972. The maximum atomic E-state index is 13.4. The molecule has 1 aromatic carbocycles. The van der Waals surface area contributed by atoms with Crippen LogP contribution in [0.4, 0.5) is 19.3 Å². The molecule has 2 N–H and O–H groups in total. The van der Waals surface area contributed by atoms with Gasteiger partial charge in [-0.15, -0.1) is 0 Å². The van der Waals surface area contributed by atoms with Crippen molar-refractivity contribution in [3.63, 3.8) is 0 Å². The topological polar surface area (TPSA) is 52.6 Å². The first-order valence-electron chi connectivity index (χ1n) is 6.67. The van der Waals surface area contributed by atoms with E-state index in [0.717, 1.165) is 12.1 Å². The van der Waals surface area contributed by atoms with Crippen LogP contribution in [0.3, 0.4) is 0 Å². The average molecular weight is 284 g/mol. The maximum absolute atomic E-state index is 13.4. The predicted octanol–water partition coefficient (Wildman–Crippen LogP) is 2.59. The quantitative estimate of drug-likeness (QED) is 0.877. The van der Waals surface area contributed by atoms with Crippen molar-refractivity contribution in [2.45, 2.75) is 25.9 Å². The zero-order chi connectivity index (χ0) is 14.7. The minimum absolute atomic E-state index is 0.171. The highest BCUT2D eigenvalue weighted by molar-refractivity contribution is 5.89. The number of anilines is 1. The third-order valence-electron chi connectivity index (χ3n) is 3.70. The van der Waals surface area contributed by atoms with Crippen LogP contribution in [0.2, 0.25) is 0 Å². The van der Waals surface area contributed by atoms with E-state index in [0.29, 0.717) is 25.9 Å². The highest BCUT2D eigenvalue weighted by Gasteiger charge is 2.26. The van der Waals surface area contributed by atoms with E-state index in [2.05, 4.69) is 5.32 Å². The SMILES string of the molecule is CC(O)C1CCN(C(=O)Nc2c(F)cccc2F)CC1. The van der Waals surface area contributed by atoms with E-state index in [9.17, 15) is 18.7 Å². The van der Waals surface area contributed by atoms with E-state index in [1.165, 1.54) is 11.0 Å². The van der Waals surface area contributed by atoms with Crippen LogP contribution in [-0.2, 0) is 0 Å². The molecule has 1 saturated heterocycles. The van der Waals surface area contributed by atoms with Crippen molar-refractivity contribution < 1.29 is 18.7 Å². The molecule has 1 fully saturated rings. The summed E-state index contributed by atoms with van der Waals surface area (Å²) < 4.78 is 26.9. The van der Waals surface area contributed by atoms with Gasteiger partial charge in [0.25, 0.3) is 0 Å². The molecule has 1 heterocycles. The summed E-state index contributed by atoms with van der Waals surface area (Å²) in [6.45, 7) is 2.67. The van der Waals surface area contributed by atoms with Crippen molar-refractivity contribution in [3.8, 4) is 0 Å². The minimum atomic E-state index is -0.794. The van der Waals surface area contributed by atoms with E-state index in [1.54, 1.807) is 6.92 Å². The van der Waals surface area contributed by atoms with Gasteiger partial charge in [0.05, 0.1) is 6.10 Å². The Labute approximate surface area is 116 Å². The van der Waals surface area contributed by atoms with Gasteiger partial charge in [-0.25, -0.2) is 13.6 Å². The molecule has 1 aliphatic rings. The molecule has 1 aromatic rings. The Balaban J connectivity index is 1.96. The highest BCUT2D eigenvalue weighted by atomic mass is 19.1. The van der Waals surface area contributed by atoms with Crippen LogP contribution >= 0.6 is 0 Å². The van der Waals surface area contributed by atoms with Crippen LogP contribution in [0.5, 0.6) is 0 Å². The molecule has 4 nitrogen and oxygen atoms in total. The second-order valence-corrected chi connectivity index (χ2v) is 5.09. The number of likely N-dealkylation sites (tertiary alicyclic amines) is 1. The molecular weight excluding hydrogens is 266 g/mol. The lowest BCUT2D eigenvalue weighted by molar-refractivity contribution is 0.0820. The number of benzene rings is 1. The van der Waals surface area contributed by atoms with Crippen molar-refractivity contribution in [1.82, 2.24) is 4.90 Å². The van der Waals surface area contributed by atoms with Crippen molar-refractivity contribution in [1.29, 1.82) is 0 Å². The molecule has 0 radical (unpaired) electrons. The molecule has 0 aliphatic carbocycles. The monoisotopic (exact) mass is 284 g/mol. The number of urea groups is 1. The molecule has 2 amide bonds. The Hall–Kier alpha value is -1.69. The third kappa shape index (κ3) is 3.25. The van der Waals surface area contributed by atoms with Gasteiger partial charge in [-0.3, -0.25) is 0 Å². The molecule has 1 unspecified atom stereocenters. The molecule has 0 bridgehead atoms. The molecule has 0 aromatic heterocycles. The number of carbonyl (C=O) groups excluding carboxylic acids is 1. The maximum Gasteiger partial charge on any atom is 0.322 e. The molecule has 20 heavy (non-hydrogen) atoms. The van der Waals surface area contributed by atoms with Crippen molar-refractivity contribution >= 4 is 11.7 Å². The number of piperidine rings is 1. The van der Waals surface area contributed by atoms with Crippen molar-refractivity contribution in [2.24, 2.45) is 5.92 Å². The molecule has 0 saturated carbocycles. The molecule has 2 rings (SSSR count). The summed E-state index contributed by atoms with van der Waals surface area (Å²) in [4.78, 5) is 13.5. The fourth-order valence-corrected chi connectivity index (χ4v) is 2.39. The first kappa shape index (κ1) is 14.7. The third-order valence-corrected chi connectivity index (χ3v) is 3.70. The number of hydrogen-bond acceptors (Lipinski definition) is 2. The standard InChI is InChI=1S/C14H18F2N2O2/c1-9(19)10-5-7-18(8-6-10)14(20)17-13-11(15)3-2-4-12(13)16/h2-4,9-10,19H,5-8H2,1H3,(H,17,20). The van der Waals surface area contributed by atoms with Crippen LogP contribution < -0.4 is 5.32 Å². The first-order valence-corrected chi connectivity index (χ1v) is 6.67. The van der Waals surface area contributed by atoms with Crippen LogP contribution in [0.15, 0.2) is 18.2 Å². The molecule has 6 heteroatoms. The summed E-state index contributed by atoms with van der Waals surface area (Å²) in [5, 5.41) is 11.8. The van der Waals surface area contributed by atoms with E-state index in [-0.39, 0.29) is 5.92 Å². The normalized spacial score (nSPS) is 17.9. The van der Waals surface area contributed by atoms with Gasteiger partial charge in [0.1, 0.15) is 17.3 Å². The summed E-state index contributed by atoms with van der Waals surface area (Å²) in [6, 6.07) is 2.92. The number of para-hydroxylation sites is 1. The van der Waals surface area contributed by atoms with Crippen LogP contribution in [0, 0.1) is 17.6 Å². The summed E-state index contributed by atoms with van der Waals surface area (Å²) >= 11 is 0. The Morgan fingerprint density at radius 2 is 1.90 bits per heavy atom. The lowest BCUT2D eigenvalue weighted by Crippen LogP contribution is -2.43. The zero-order valence-electron chi connectivity index (χ0n) is 11.3. The van der Waals surface area contributed by atoms with Gasteiger partial charge in [-0.05, 0) is 37.8 Å². The fraction of sp³-hybridized carbons (Fsp3) is 0.500. The number of hydrogen-bond donors (Lipinski definition) is 2. The lowest BCUT2D eigenvalue weighted by Gasteiger charge is -2.33. The number of aliphatic hydroxyl groups is 1. The van der Waals surface area contributed by atoms with Crippen LogP contribution in [0.25, 0.3) is 0 Å². The van der Waals surface area contributed by atoms with Crippen molar-refractivity contribution in [2.75, 3.05) is 18.4 Å². The number of nitrogens with one attached hydrogen (secondary N) is 1. The Kier molecular flexibility index (Phi) is 4.54. The van der Waals surface area contributed by atoms with Gasteiger partial charge in [-0.1, -0.05) is 6.07 Å². The van der Waals surface area contributed by atoms with Gasteiger partial charge >= 0.3 is 6.03 Å². The zero-order valence-corrected chi connectivity index (χ0v) is 11.3. The van der Waals surface area contributed by atoms with Crippen molar-refractivity contribution in [3.05, 3.63) is 29.8 Å². The first-order chi connectivity index (χ1) is 9.49. The Morgan fingerprint density at radius 1 is 1.35 bits per heavy atom. The number of nitrogens with zero attached hydrogens (tertiary/aromatic N) is 1. The number of aliphatic hydroxyl groups excluding tert-OH is 1. The highest BCUT2D eigenvalue weighted by Crippen LogP contribution is 2.22. The average Bonchev–Trinajstić information content (AvgIpc) is 2.43. The number of carbonyl (C=O) groups is 1. The largest absolute Gasteiger partial charge is 0.393 e. The van der Waals surface area contributed by atoms with Gasteiger partial charge in [0.2, 0.25) is 0 Å². The van der Waals surface area contributed by atoms with Gasteiger partial charge in [-0.2, -0.15) is 0 Å². The molecule has 1 aliphatic heterocycles. The lowest BCUT2D eigenvalue weighted by atomic mass is 9.92. The number of halogens is 2. The van der Waals surface area contributed by atoms with E-state index < -0.39 is 29.5 Å². The molecular formula is C14H18F2N2O2. The number of rotatable bonds is 2. The fourth-order valence-electron chi connectivity index (χ4n) is 2.39.